The van der Waals surface area contributed by atoms with Crippen molar-refractivity contribution in [2.75, 3.05) is 42.9 Å². The van der Waals surface area contributed by atoms with E-state index in [0.29, 0.717) is 34.5 Å². The van der Waals surface area contributed by atoms with Crippen LogP contribution < -0.4 is 25.0 Å². The normalized spacial score (nSPS) is 15.6. The zero-order chi connectivity index (χ0) is 45.1. The highest BCUT2D eigenvalue weighted by Gasteiger charge is 2.46. The third kappa shape index (κ3) is 8.84. The number of imidazole rings is 2. The fourth-order valence-electron chi connectivity index (χ4n) is 7.62. The Labute approximate surface area is 366 Å². The van der Waals surface area contributed by atoms with Gasteiger partial charge in [0.15, 0.2) is 23.5 Å². The van der Waals surface area contributed by atoms with Gasteiger partial charge in [-0.25, -0.2) is 24.5 Å². The Kier molecular flexibility index (Phi) is 12.1. The molecule has 4 heterocycles. The third-order valence-electron chi connectivity index (χ3n) is 10.8. The maximum atomic E-state index is 13.9. The number of amides is 4. The highest BCUT2D eigenvalue weighted by atomic mass is 16.6. The number of aryl methyl sites for hydroxylation is 1. The summed E-state index contributed by atoms with van der Waals surface area (Å²) in [6.07, 6.45) is -0.236. The number of aromatic amines is 1. The molecule has 0 radical (unpaired) electrons. The number of ether oxygens (including phenoxy) is 4. The van der Waals surface area contributed by atoms with E-state index in [9.17, 15) is 29.1 Å². The minimum atomic E-state index is -1.45. The highest BCUT2D eigenvalue weighted by molar-refractivity contribution is 6.06. The number of rotatable bonds is 13. The van der Waals surface area contributed by atoms with E-state index in [4.69, 9.17) is 18.9 Å². The Hall–Kier alpha value is -7.99. The molecule has 2 aliphatic heterocycles. The fraction of sp³-hybridized carbons (Fsp3) is 0.239. The predicted molar refractivity (Wildman–Crippen MR) is 234 cm³/mol. The van der Waals surface area contributed by atoms with Gasteiger partial charge in [-0.15, -0.1) is 0 Å². The number of anilines is 3. The van der Waals surface area contributed by atoms with Gasteiger partial charge in [0, 0.05) is 43.5 Å². The molecule has 4 N–H and O–H groups in total. The Morgan fingerprint density at radius 3 is 2.48 bits per heavy atom. The smallest absolute Gasteiger partial charge is 0.416 e. The van der Waals surface area contributed by atoms with E-state index in [2.05, 4.69) is 32.2 Å². The summed E-state index contributed by atoms with van der Waals surface area (Å²) in [7, 11) is 4.37. The first-order chi connectivity index (χ1) is 30.9. The van der Waals surface area contributed by atoms with Crippen LogP contribution in [0.3, 0.4) is 0 Å². The first kappa shape index (κ1) is 42.7. The highest BCUT2D eigenvalue weighted by Crippen LogP contribution is 2.42. The van der Waals surface area contributed by atoms with Crippen LogP contribution in [0.15, 0.2) is 103 Å². The molecule has 0 bridgehead atoms. The van der Waals surface area contributed by atoms with Crippen molar-refractivity contribution in [3.63, 3.8) is 0 Å². The standard InChI is InChI=1S/C46H44N8O10/c1-26-19-35-44(58)54(46(60)64-25-27-9-6-5-7-10-27)34-22-37(36(61-3)21-31(34)43(57)53(35)23-26)63-18-8-11-39(55)50-38-24-52(2)41(51-38)42(56)47-30-15-12-28(13-16-30)40-48-32-17-14-29(45(59)62-4)20-33(32)49-40/h5-7,9-10,12-17,20-22,24,35,44,58H,1,8,11,18-19,23,25H2,2-4H3,(H,47,56)(H,48,49)(H,50,55). The van der Waals surface area contributed by atoms with Gasteiger partial charge in [0.25, 0.3) is 11.8 Å². The summed E-state index contributed by atoms with van der Waals surface area (Å²) >= 11 is 0. The number of esters is 1. The van der Waals surface area contributed by atoms with Crippen molar-refractivity contribution in [2.45, 2.75) is 38.1 Å². The molecule has 4 aromatic carbocycles. The minimum Gasteiger partial charge on any atom is -0.493 e. The summed E-state index contributed by atoms with van der Waals surface area (Å²) in [5.41, 5.74) is 4.67. The molecule has 2 unspecified atom stereocenters. The summed E-state index contributed by atoms with van der Waals surface area (Å²) in [5.74, 6) is -0.550. The molecule has 2 aromatic heterocycles. The molecule has 2 aliphatic rings. The van der Waals surface area contributed by atoms with Crippen LogP contribution in [0.1, 0.15) is 56.2 Å². The number of aliphatic hydroxyl groups excluding tert-OH is 1. The van der Waals surface area contributed by atoms with E-state index in [1.165, 1.54) is 42.0 Å². The molecule has 0 aliphatic carbocycles. The first-order valence-corrected chi connectivity index (χ1v) is 20.2. The van der Waals surface area contributed by atoms with Crippen molar-refractivity contribution in [1.82, 2.24) is 24.4 Å². The number of fused-ring (bicyclic) bond motifs is 3. The monoisotopic (exact) mass is 868 g/mol. The number of benzene rings is 4. The van der Waals surface area contributed by atoms with Gasteiger partial charge in [0.05, 0.1) is 54.7 Å². The second-order valence-electron chi connectivity index (χ2n) is 15.2. The van der Waals surface area contributed by atoms with Crippen LogP contribution in [0, 0.1) is 0 Å². The summed E-state index contributed by atoms with van der Waals surface area (Å²) in [5, 5.41) is 17.1. The molecule has 328 valence electrons. The SMILES string of the molecule is C=C1CC2C(O)N(C(=O)OCc3ccccc3)c3cc(OCCCC(=O)Nc4cn(C)c(C(=O)Nc5ccc(-c6nc7ccc(C(=O)OC)cc7[nH]6)cc5)n4)c(OC)cc3C(=O)N2C1. The zero-order valence-corrected chi connectivity index (χ0v) is 35.1. The van der Waals surface area contributed by atoms with Crippen LogP contribution in [0.2, 0.25) is 0 Å². The molecule has 18 heteroatoms. The number of nitrogens with one attached hydrogen (secondary N) is 3. The molecular formula is C46H44N8O10. The average molecular weight is 869 g/mol. The van der Waals surface area contributed by atoms with E-state index in [1.54, 1.807) is 61.6 Å². The van der Waals surface area contributed by atoms with Crippen LogP contribution >= 0.6 is 0 Å². The van der Waals surface area contributed by atoms with Crippen molar-refractivity contribution < 1.29 is 48.0 Å². The Balaban J connectivity index is 0.880. The van der Waals surface area contributed by atoms with Crippen LogP contribution in [-0.4, -0.2) is 99.0 Å². The molecule has 8 rings (SSSR count). The maximum absolute atomic E-state index is 13.9. The van der Waals surface area contributed by atoms with E-state index in [0.717, 1.165) is 21.6 Å². The number of carbonyl (C=O) groups excluding carboxylic acids is 5. The molecular weight excluding hydrogens is 825 g/mol. The quantitative estimate of drug-likeness (QED) is 0.0592. The summed E-state index contributed by atoms with van der Waals surface area (Å²) in [6, 6.07) is 23.3. The average Bonchev–Trinajstić information content (AvgIpc) is 4.01. The largest absolute Gasteiger partial charge is 0.493 e. The Bertz CT molecular complexity index is 2780. The topological polar surface area (TPSA) is 220 Å². The van der Waals surface area contributed by atoms with Gasteiger partial charge in [-0.2, -0.15) is 0 Å². The lowest BCUT2D eigenvalue weighted by Crippen LogP contribution is -2.50. The molecule has 0 spiro atoms. The summed E-state index contributed by atoms with van der Waals surface area (Å²) in [4.78, 5) is 80.4. The van der Waals surface area contributed by atoms with Gasteiger partial charge in [-0.3, -0.25) is 14.4 Å². The molecule has 2 atom stereocenters. The molecule has 1 saturated heterocycles. The second-order valence-corrected chi connectivity index (χ2v) is 15.2. The number of aromatic nitrogens is 4. The van der Waals surface area contributed by atoms with E-state index >= 15 is 0 Å². The van der Waals surface area contributed by atoms with Crippen molar-refractivity contribution in [1.29, 1.82) is 0 Å². The molecule has 64 heavy (non-hydrogen) atoms. The van der Waals surface area contributed by atoms with Gasteiger partial charge < -0.3 is 49.1 Å². The lowest BCUT2D eigenvalue weighted by atomic mass is 10.1. The molecule has 18 nitrogen and oxygen atoms in total. The van der Waals surface area contributed by atoms with Gasteiger partial charge in [-0.1, -0.05) is 42.5 Å². The van der Waals surface area contributed by atoms with E-state index in [1.807, 2.05) is 18.2 Å². The van der Waals surface area contributed by atoms with E-state index < -0.39 is 36.1 Å². The molecule has 4 amide bonds. The van der Waals surface area contributed by atoms with Crippen LogP contribution in [0.5, 0.6) is 11.5 Å². The van der Waals surface area contributed by atoms with Crippen molar-refractivity contribution >= 4 is 58.0 Å². The number of methoxy groups -OCH3 is 2. The summed E-state index contributed by atoms with van der Waals surface area (Å²) < 4.78 is 23.6. The molecule has 1 fully saturated rings. The van der Waals surface area contributed by atoms with Gasteiger partial charge >= 0.3 is 12.1 Å². The zero-order valence-electron chi connectivity index (χ0n) is 35.1. The minimum absolute atomic E-state index is 0.0189. The second kappa shape index (κ2) is 18.2. The Morgan fingerprint density at radius 2 is 1.73 bits per heavy atom. The fourth-order valence-corrected chi connectivity index (χ4v) is 7.62. The number of aliphatic hydroxyl groups is 1. The van der Waals surface area contributed by atoms with Crippen molar-refractivity contribution in [2.24, 2.45) is 7.05 Å². The number of nitrogens with zero attached hydrogens (tertiary/aromatic N) is 5. The van der Waals surface area contributed by atoms with Crippen LogP contribution in [0.4, 0.5) is 22.0 Å². The lowest BCUT2D eigenvalue weighted by molar-refractivity contribution is -0.116. The number of hydrogen-bond acceptors (Lipinski definition) is 12. The molecule has 0 saturated carbocycles. The van der Waals surface area contributed by atoms with Crippen LogP contribution in [-0.2, 0) is 27.9 Å². The number of H-pyrrole nitrogens is 1. The lowest BCUT2D eigenvalue weighted by Gasteiger charge is -2.31. The summed E-state index contributed by atoms with van der Waals surface area (Å²) in [6.45, 7) is 4.20. The van der Waals surface area contributed by atoms with Crippen molar-refractivity contribution in [3.8, 4) is 22.9 Å². The third-order valence-corrected chi connectivity index (χ3v) is 10.8. The van der Waals surface area contributed by atoms with Gasteiger partial charge in [0.1, 0.15) is 12.4 Å². The number of hydrogen-bond donors (Lipinski definition) is 4. The van der Waals surface area contributed by atoms with Crippen LogP contribution in [0.25, 0.3) is 22.4 Å². The van der Waals surface area contributed by atoms with Crippen molar-refractivity contribution in [3.05, 3.63) is 126 Å². The van der Waals surface area contributed by atoms with Gasteiger partial charge in [0.2, 0.25) is 11.7 Å². The maximum Gasteiger partial charge on any atom is 0.416 e. The van der Waals surface area contributed by atoms with Gasteiger partial charge in [-0.05, 0) is 66.9 Å². The number of carbonyl (C=O) groups is 5. The first-order valence-electron chi connectivity index (χ1n) is 20.2. The molecule has 6 aromatic rings. The Morgan fingerprint density at radius 1 is 0.953 bits per heavy atom. The van der Waals surface area contributed by atoms with E-state index in [-0.39, 0.29) is 72.9 Å². The predicted octanol–water partition coefficient (Wildman–Crippen LogP) is 6.05.